The molecule has 0 amide bonds. The molecule has 2 aromatic rings. The van der Waals surface area contributed by atoms with E-state index >= 15 is 0 Å². The lowest BCUT2D eigenvalue weighted by molar-refractivity contribution is 1.08. The molecule has 0 unspecified atom stereocenters. The summed E-state index contributed by atoms with van der Waals surface area (Å²) in [5.74, 6) is 0. The van der Waals surface area contributed by atoms with E-state index in [0.29, 0.717) is 0 Å². The number of halogens is 4. The Balaban J connectivity index is 2.54. The van der Waals surface area contributed by atoms with Crippen LogP contribution in [0.3, 0.4) is 0 Å². The van der Waals surface area contributed by atoms with Crippen molar-refractivity contribution in [2.75, 3.05) is 0 Å². The van der Waals surface area contributed by atoms with Gasteiger partial charge in [-0.3, -0.25) is 0 Å². The van der Waals surface area contributed by atoms with Gasteiger partial charge in [-0.25, -0.2) is 0 Å². The van der Waals surface area contributed by atoms with Crippen molar-refractivity contribution in [3.8, 4) is 0 Å². The molecule has 2 rings (SSSR count). The van der Waals surface area contributed by atoms with Crippen molar-refractivity contribution in [2.24, 2.45) is 0 Å². The zero-order valence-electron chi connectivity index (χ0n) is 9.29. The highest BCUT2D eigenvalue weighted by Gasteiger charge is 2.30. The summed E-state index contributed by atoms with van der Waals surface area (Å²) in [6.07, 6.45) is 0. The van der Waals surface area contributed by atoms with Gasteiger partial charge in [0.15, 0.2) is 0 Å². The van der Waals surface area contributed by atoms with Crippen LogP contribution in [0.2, 0.25) is 0 Å². The Morgan fingerprint density at radius 1 is 0.778 bits per heavy atom. The fraction of sp³-hybridized carbons (Fsp3) is 0.143. The average molecular weight is 498 g/mol. The van der Waals surface area contributed by atoms with Crippen molar-refractivity contribution in [1.29, 1.82) is 0 Å². The van der Waals surface area contributed by atoms with Crippen molar-refractivity contribution in [3.05, 3.63) is 71.3 Å². The Morgan fingerprint density at radius 3 is 1.94 bits per heavy atom. The minimum absolute atomic E-state index is 0.124. The van der Waals surface area contributed by atoms with E-state index in [4.69, 9.17) is 0 Å². The summed E-state index contributed by atoms with van der Waals surface area (Å²) in [5, 5.41) is 0. The number of rotatable bonds is 3. The Kier molecular flexibility index (Phi) is 5.09. The van der Waals surface area contributed by atoms with Gasteiger partial charge < -0.3 is 0 Å². The first-order valence-electron chi connectivity index (χ1n) is 5.34. The van der Waals surface area contributed by atoms with Gasteiger partial charge in [-0.1, -0.05) is 118 Å². The van der Waals surface area contributed by atoms with Crippen LogP contribution < -0.4 is 0 Å². The standard InChI is InChI=1S/C14H10Br4/c15-13(16)11-8-4-5-9-12(11)14(17,18)10-6-2-1-3-7-10/h1-9,13H. The average Bonchev–Trinajstić information content (AvgIpc) is 2.39. The van der Waals surface area contributed by atoms with Crippen LogP contribution in [0.5, 0.6) is 0 Å². The SMILES string of the molecule is BrC(Br)c1ccccc1C(Br)(Br)c1ccccc1. The maximum absolute atomic E-state index is 3.79. The Morgan fingerprint density at radius 2 is 1.33 bits per heavy atom. The smallest absolute Gasteiger partial charge is 0.0712 e. The van der Waals surface area contributed by atoms with Gasteiger partial charge in [0, 0.05) is 0 Å². The van der Waals surface area contributed by atoms with E-state index in [0.717, 1.165) is 5.56 Å². The second kappa shape index (κ2) is 6.21. The van der Waals surface area contributed by atoms with Gasteiger partial charge in [0.2, 0.25) is 0 Å². The summed E-state index contributed by atoms with van der Waals surface area (Å²) in [6, 6.07) is 18.6. The van der Waals surface area contributed by atoms with Crippen molar-refractivity contribution >= 4 is 63.7 Å². The first kappa shape index (κ1) is 14.8. The first-order valence-corrected chi connectivity index (χ1v) is 8.76. The van der Waals surface area contributed by atoms with Gasteiger partial charge >= 0.3 is 0 Å². The van der Waals surface area contributed by atoms with Crippen LogP contribution in [0.1, 0.15) is 20.4 Å². The molecule has 18 heavy (non-hydrogen) atoms. The molecule has 0 atom stereocenters. The molecule has 0 heterocycles. The van der Waals surface area contributed by atoms with Crippen LogP contribution >= 0.6 is 63.7 Å². The zero-order valence-corrected chi connectivity index (χ0v) is 15.6. The number of hydrogen-bond acceptors (Lipinski definition) is 0. The molecule has 2 aromatic carbocycles. The molecule has 4 heteroatoms. The highest BCUT2D eigenvalue weighted by molar-refractivity contribution is 9.25. The molecule has 0 aliphatic heterocycles. The fourth-order valence-electron chi connectivity index (χ4n) is 1.78. The van der Waals surface area contributed by atoms with Gasteiger partial charge in [0.25, 0.3) is 0 Å². The quantitative estimate of drug-likeness (QED) is 0.427. The van der Waals surface area contributed by atoms with E-state index in [2.05, 4.69) is 88.0 Å². The fourth-order valence-corrected chi connectivity index (χ4v) is 3.83. The second-order valence-electron chi connectivity index (χ2n) is 3.83. The van der Waals surface area contributed by atoms with Crippen LogP contribution in [0.15, 0.2) is 54.6 Å². The molecule has 94 valence electrons. The topological polar surface area (TPSA) is 0 Å². The van der Waals surface area contributed by atoms with Gasteiger partial charge in [0.1, 0.15) is 3.23 Å². The van der Waals surface area contributed by atoms with Crippen LogP contribution in [-0.2, 0) is 3.23 Å². The van der Waals surface area contributed by atoms with E-state index in [1.165, 1.54) is 11.1 Å². The zero-order chi connectivity index (χ0) is 13.2. The molecule has 0 bridgehead atoms. The second-order valence-corrected chi connectivity index (χ2v) is 10.3. The molecule has 0 aliphatic carbocycles. The van der Waals surface area contributed by atoms with E-state index < -0.39 is 0 Å². The summed E-state index contributed by atoms with van der Waals surface area (Å²) in [7, 11) is 0. The molecule has 0 N–H and O–H groups in total. The highest BCUT2D eigenvalue weighted by Crippen LogP contribution is 2.48. The van der Waals surface area contributed by atoms with Crippen molar-refractivity contribution in [1.82, 2.24) is 0 Å². The molecule has 0 saturated carbocycles. The van der Waals surface area contributed by atoms with Crippen molar-refractivity contribution in [2.45, 2.75) is 6.97 Å². The number of benzene rings is 2. The lowest BCUT2D eigenvalue weighted by Gasteiger charge is -2.25. The third-order valence-electron chi connectivity index (χ3n) is 2.67. The number of alkyl halides is 4. The maximum Gasteiger partial charge on any atom is 0.130 e. The summed E-state index contributed by atoms with van der Waals surface area (Å²) in [6.45, 7) is 0. The van der Waals surface area contributed by atoms with E-state index in [1.807, 2.05) is 30.3 Å². The molecule has 0 aliphatic rings. The molecule has 0 nitrogen and oxygen atoms in total. The molecule has 0 aromatic heterocycles. The Hall–Kier alpha value is 0.360. The summed E-state index contributed by atoms with van der Waals surface area (Å²) < 4.78 is -0.253. The Bertz CT molecular complexity index is 520. The predicted octanol–water partition coefficient (Wildman–Crippen LogP) is 6.47. The molecular formula is C14H10Br4. The lowest BCUT2D eigenvalue weighted by Crippen LogP contribution is -2.13. The molecule has 0 fully saturated rings. The van der Waals surface area contributed by atoms with Gasteiger partial charge in [-0.2, -0.15) is 0 Å². The van der Waals surface area contributed by atoms with Crippen LogP contribution in [0.25, 0.3) is 0 Å². The molecule has 0 spiro atoms. The summed E-state index contributed by atoms with van der Waals surface area (Å²) >= 11 is 14.7. The summed E-state index contributed by atoms with van der Waals surface area (Å²) in [5.41, 5.74) is 3.53. The van der Waals surface area contributed by atoms with Crippen LogP contribution in [0.4, 0.5) is 0 Å². The molecule has 0 saturated heterocycles. The third kappa shape index (κ3) is 3.09. The number of hydrogen-bond donors (Lipinski definition) is 0. The van der Waals surface area contributed by atoms with Crippen molar-refractivity contribution < 1.29 is 0 Å². The minimum Gasteiger partial charge on any atom is -0.0712 e. The van der Waals surface area contributed by atoms with Gasteiger partial charge in [-0.15, -0.1) is 0 Å². The highest BCUT2D eigenvalue weighted by atomic mass is 79.9. The lowest BCUT2D eigenvalue weighted by atomic mass is 10.0. The van der Waals surface area contributed by atoms with E-state index in [-0.39, 0.29) is 6.97 Å². The largest absolute Gasteiger partial charge is 0.130 e. The van der Waals surface area contributed by atoms with E-state index in [9.17, 15) is 0 Å². The predicted molar refractivity (Wildman–Crippen MR) is 92.1 cm³/mol. The van der Waals surface area contributed by atoms with Crippen molar-refractivity contribution in [3.63, 3.8) is 0 Å². The maximum atomic E-state index is 3.79. The first-order chi connectivity index (χ1) is 8.53. The summed E-state index contributed by atoms with van der Waals surface area (Å²) in [4.78, 5) is 0. The van der Waals surface area contributed by atoms with Gasteiger partial charge in [0.05, 0.1) is 3.74 Å². The molecular weight excluding hydrogens is 488 g/mol. The van der Waals surface area contributed by atoms with E-state index in [1.54, 1.807) is 0 Å². The van der Waals surface area contributed by atoms with Gasteiger partial charge in [-0.05, 0) is 16.7 Å². The third-order valence-corrected chi connectivity index (χ3v) is 5.43. The Labute approximate surface area is 141 Å². The van der Waals surface area contributed by atoms with Crippen LogP contribution in [-0.4, -0.2) is 0 Å². The molecule has 0 radical (unpaired) electrons. The monoisotopic (exact) mass is 494 g/mol. The minimum atomic E-state index is -0.377. The van der Waals surface area contributed by atoms with Crippen LogP contribution in [0, 0.1) is 0 Å². The normalized spacial score (nSPS) is 11.8.